The normalized spacial score (nSPS) is 12.3. The summed E-state index contributed by atoms with van der Waals surface area (Å²) in [6.07, 6.45) is 0. The van der Waals surface area contributed by atoms with Crippen LogP contribution < -0.4 is 5.32 Å². The van der Waals surface area contributed by atoms with Gasteiger partial charge < -0.3 is 5.32 Å². The Morgan fingerprint density at radius 1 is 0.448 bits per heavy atom. The lowest BCUT2D eigenvalue weighted by Gasteiger charge is -2.11. The van der Waals surface area contributed by atoms with Crippen molar-refractivity contribution in [3.8, 4) is 11.1 Å². The van der Waals surface area contributed by atoms with Crippen molar-refractivity contribution in [2.45, 2.75) is 0 Å². The molecular formula is C26H17NO2. The molecule has 3 heteroatoms. The molecule has 2 bridgehead atoms. The van der Waals surface area contributed by atoms with E-state index in [9.17, 15) is 9.59 Å². The van der Waals surface area contributed by atoms with E-state index >= 15 is 0 Å². The van der Waals surface area contributed by atoms with E-state index in [0.29, 0.717) is 22.3 Å². The molecule has 0 fully saturated rings. The Bertz CT molecular complexity index is 1240. The number of para-hydroxylation sites is 1. The number of carbonyl (C=O) groups excluding carboxylic acids is 2. The number of rotatable bonds is 3. The van der Waals surface area contributed by atoms with Crippen molar-refractivity contribution in [2.75, 3.05) is 5.32 Å². The van der Waals surface area contributed by atoms with Gasteiger partial charge in [0.15, 0.2) is 11.6 Å². The van der Waals surface area contributed by atoms with E-state index in [1.165, 1.54) is 0 Å². The maximum atomic E-state index is 13.2. The average molecular weight is 375 g/mol. The van der Waals surface area contributed by atoms with Gasteiger partial charge in [0.25, 0.3) is 0 Å². The van der Waals surface area contributed by atoms with Gasteiger partial charge in [0.05, 0.1) is 0 Å². The van der Waals surface area contributed by atoms with Gasteiger partial charge >= 0.3 is 0 Å². The summed E-state index contributed by atoms with van der Waals surface area (Å²) in [6, 6.07) is 30.3. The van der Waals surface area contributed by atoms with Crippen LogP contribution in [0.25, 0.3) is 11.1 Å². The molecule has 0 unspecified atom stereocenters. The average Bonchev–Trinajstić information content (AvgIpc) is 2.86. The molecule has 0 spiro atoms. The number of hydrogen-bond donors (Lipinski definition) is 1. The predicted molar refractivity (Wildman–Crippen MR) is 115 cm³/mol. The number of nitrogens with one attached hydrogen (secondary N) is 1. The molecule has 0 aliphatic heterocycles. The van der Waals surface area contributed by atoms with E-state index in [1.807, 2.05) is 60.7 Å². The van der Waals surface area contributed by atoms with Crippen molar-refractivity contribution >= 4 is 22.9 Å². The van der Waals surface area contributed by atoms with Crippen molar-refractivity contribution in [3.63, 3.8) is 0 Å². The molecule has 1 aliphatic carbocycles. The van der Waals surface area contributed by atoms with Gasteiger partial charge in [-0.2, -0.15) is 0 Å². The minimum absolute atomic E-state index is 0.110. The summed E-state index contributed by atoms with van der Waals surface area (Å²) in [4.78, 5) is 25.9. The minimum atomic E-state index is -0.116. The second-order valence-corrected chi connectivity index (χ2v) is 7.03. The quantitative estimate of drug-likeness (QED) is 0.429. The summed E-state index contributed by atoms with van der Waals surface area (Å²) >= 11 is 0. The number of fused-ring (bicyclic) bond motifs is 3. The number of carbonyl (C=O) groups is 2. The van der Waals surface area contributed by atoms with E-state index in [4.69, 9.17) is 0 Å². The second kappa shape index (κ2) is 6.88. The van der Waals surface area contributed by atoms with E-state index in [-0.39, 0.29) is 11.6 Å². The molecule has 29 heavy (non-hydrogen) atoms. The molecule has 0 amide bonds. The Balaban J connectivity index is 1.54. The molecule has 4 aromatic carbocycles. The van der Waals surface area contributed by atoms with Gasteiger partial charge in [-0.25, -0.2) is 0 Å². The molecule has 0 saturated heterocycles. The summed E-state index contributed by atoms with van der Waals surface area (Å²) in [7, 11) is 0. The summed E-state index contributed by atoms with van der Waals surface area (Å²) in [5.74, 6) is -0.226. The SMILES string of the molecule is O=C1c2ccc(-c3ccc(Nc4ccccc4)cc3)c(c2)C(=O)c2ccccc21. The van der Waals surface area contributed by atoms with Crippen LogP contribution in [0, 0.1) is 0 Å². The highest BCUT2D eigenvalue weighted by Gasteiger charge is 2.26. The second-order valence-electron chi connectivity index (χ2n) is 7.03. The van der Waals surface area contributed by atoms with Gasteiger partial charge in [-0.15, -0.1) is 0 Å². The highest BCUT2D eigenvalue weighted by Crippen LogP contribution is 2.32. The first-order chi connectivity index (χ1) is 14.2. The summed E-state index contributed by atoms with van der Waals surface area (Å²) in [5, 5.41) is 3.36. The number of benzene rings is 4. The molecule has 138 valence electrons. The molecule has 1 N–H and O–H groups in total. The van der Waals surface area contributed by atoms with Gasteiger partial charge in [0.2, 0.25) is 0 Å². The van der Waals surface area contributed by atoms with Gasteiger partial charge in [0.1, 0.15) is 0 Å². The summed E-state index contributed by atoms with van der Waals surface area (Å²) < 4.78 is 0. The Morgan fingerprint density at radius 3 is 1.76 bits per heavy atom. The van der Waals surface area contributed by atoms with Crippen LogP contribution in [0.15, 0.2) is 97.1 Å². The zero-order valence-corrected chi connectivity index (χ0v) is 15.6. The fourth-order valence-corrected chi connectivity index (χ4v) is 3.73. The van der Waals surface area contributed by atoms with Crippen LogP contribution in [0.1, 0.15) is 31.8 Å². The maximum absolute atomic E-state index is 13.2. The Hall–Kier alpha value is -3.98. The minimum Gasteiger partial charge on any atom is -0.356 e. The highest BCUT2D eigenvalue weighted by atomic mass is 16.1. The third-order valence-corrected chi connectivity index (χ3v) is 5.20. The molecule has 0 heterocycles. The lowest BCUT2D eigenvalue weighted by molar-refractivity contribution is 0.101. The monoisotopic (exact) mass is 375 g/mol. The number of hydrogen-bond acceptors (Lipinski definition) is 3. The molecule has 0 radical (unpaired) electrons. The van der Waals surface area contributed by atoms with Crippen LogP contribution in [-0.4, -0.2) is 11.6 Å². The first-order valence-corrected chi connectivity index (χ1v) is 9.46. The van der Waals surface area contributed by atoms with Crippen molar-refractivity contribution in [2.24, 2.45) is 0 Å². The maximum Gasteiger partial charge on any atom is 0.194 e. The van der Waals surface area contributed by atoms with Crippen LogP contribution >= 0.6 is 0 Å². The fraction of sp³-hybridized carbons (Fsp3) is 0. The van der Waals surface area contributed by atoms with Crippen LogP contribution in [0.2, 0.25) is 0 Å². The number of anilines is 2. The largest absolute Gasteiger partial charge is 0.356 e. The predicted octanol–water partition coefficient (Wildman–Crippen LogP) is 5.87. The molecule has 1 aliphatic rings. The van der Waals surface area contributed by atoms with E-state index in [0.717, 1.165) is 22.5 Å². The van der Waals surface area contributed by atoms with Crippen molar-refractivity contribution in [1.82, 2.24) is 0 Å². The van der Waals surface area contributed by atoms with E-state index in [2.05, 4.69) is 5.32 Å². The molecule has 0 saturated carbocycles. The van der Waals surface area contributed by atoms with E-state index in [1.54, 1.807) is 36.4 Å². The van der Waals surface area contributed by atoms with Crippen molar-refractivity contribution in [1.29, 1.82) is 0 Å². The van der Waals surface area contributed by atoms with Crippen molar-refractivity contribution in [3.05, 3.63) is 119 Å². The fourth-order valence-electron chi connectivity index (χ4n) is 3.73. The molecule has 3 nitrogen and oxygen atoms in total. The Morgan fingerprint density at radius 2 is 1.03 bits per heavy atom. The van der Waals surface area contributed by atoms with Gasteiger partial charge in [0, 0.05) is 33.6 Å². The zero-order valence-electron chi connectivity index (χ0n) is 15.6. The highest BCUT2D eigenvalue weighted by molar-refractivity contribution is 6.24. The lowest BCUT2D eigenvalue weighted by Crippen LogP contribution is -2.06. The van der Waals surface area contributed by atoms with Gasteiger partial charge in [-0.1, -0.05) is 66.7 Å². The molecule has 0 atom stereocenters. The van der Waals surface area contributed by atoms with Crippen LogP contribution in [-0.2, 0) is 0 Å². The molecule has 5 rings (SSSR count). The lowest BCUT2D eigenvalue weighted by atomic mass is 9.94. The van der Waals surface area contributed by atoms with Crippen LogP contribution in [0.3, 0.4) is 0 Å². The third-order valence-electron chi connectivity index (χ3n) is 5.20. The van der Waals surface area contributed by atoms with Gasteiger partial charge in [-0.05, 0) is 41.5 Å². The molecular weight excluding hydrogens is 358 g/mol. The smallest absolute Gasteiger partial charge is 0.194 e. The Labute approximate surface area is 168 Å². The topological polar surface area (TPSA) is 46.2 Å². The van der Waals surface area contributed by atoms with Crippen LogP contribution in [0.4, 0.5) is 11.4 Å². The Kier molecular flexibility index (Phi) is 4.07. The molecule has 4 aromatic rings. The van der Waals surface area contributed by atoms with Gasteiger partial charge in [-0.3, -0.25) is 9.59 Å². The van der Waals surface area contributed by atoms with Crippen LogP contribution in [0.5, 0.6) is 0 Å². The zero-order chi connectivity index (χ0) is 19.8. The number of ketones is 2. The third kappa shape index (κ3) is 3.03. The van der Waals surface area contributed by atoms with Crippen molar-refractivity contribution < 1.29 is 9.59 Å². The first kappa shape index (κ1) is 17.1. The standard InChI is InChI=1S/C26H17NO2/c28-25-18-12-15-21(24(16-18)26(29)23-9-5-4-8-22(23)25)17-10-13-20(14-11-17)27-19-6-2-1-3-7-19/h1-16,27H. The summed E-state index contributed by atoms with van der Waals surface area (Å²) in [5.41, 5.74) is 5.78. The first-order valence-electron chi connectivity index (χ1n) is 9.46. The summed E-state index contributed by atoms with van der Waals surface area (Å²) in [6.45, 7) is 0. The van der Waals surface area contributed by atoms with E-state index < -0.39 is 0 Å². The molecule has 0 aromatic heterocycles.